The van der Waals surface area contributed by atoms with E-state index in [2.05, 4.69) is 15.6 Å². The van der Waals surface area contributed by atoms with Gasteiger partial charge >= 0.3 is 6.18 Å². The smallest absolute Gasteiger partial charge is 0.395 e. The van der Waals surface area contributed by atoms with Crippen LogP contribution in [0.5, 0.6) is 0 Å². The van der Waals surface area contributed by atoms with Crippen molar-refractivity contribution in [2.75, 3.05) is 10.6 Å². The number of alkyl halides is 3. The molecule has 4 N–H and O–H groups in total. The number of rotatable bonds is 6. The standard InChI is InChI=1S/C24H18F3N5O/c25-24(26,27)22(29)14-21(31-18-9-4-6-16(12-18)15-28)23(33)32-20-11-5-10-19(13-20)30-17-7-2-1-3-8-17/h1-14,30H,29H2,(H,32,33). The summed E-state index contributed by atoms with van der Waals surface area (Å²) >= 11 is 0. The fourth-order valence-electron chi connectivity index (χ4n) is 2.72. The molecule has 1 amide bonds. The molecule has 0 unspecified atom stereocenters. The summed E-state index contributed by atoms with van der Waals surface area (Å²) < 4.78 is 39.0. The molecule has 0 heterocycles. The maximum atomic E-state index is 13.0. The number of anilines is 3. The van der Waals surface area contributed by atoms with Gasteiger partial charge in [0.2, 0.25) is 0 Å². The summed E-state index contributed by atoms with van der Waals surface area (Å²) in [6, 6.07) is 23.7. The first-order valence-corrected chi connectivity index (χ1v) is 9.61. The van der Waals surface area contributed by atoms with Crippen molar-refractivity contribution in [1.29, 1.82) is 5.26 Å². The van der Waals surface area contributed by atoms with E-state index in [1.54, 1.807) is 24.3 Å². The number of nitrogens with two attached hydrogens (primary N) is 1. The molecule has 0 spiro atoms. The zero-order valence-corrected chi connectivity index (χ0v) is 17.1. The number of halogens is 3. The van der Waals surface area contributed by atoms with Crippen LogP contribution in [0.4, 0.5) is 35.9 Å². The maximum absolute atomic E-state index is 13.0. The monoisotopic (exact) mass is 449 g/mol. The van der Waals surface area contributed by atoms with Crippen molar-refractivity contribution in [2.24, 2.45) is 10.7 Å². The van der Waals surface area contributed by atoms with Gasteiger partial charge in [-0.15, -0.1) is 0 Å². The molecule has 3 aromatic rings. The molecule has 0 saturated heterocycles. The first kappa shape index (κ1) is 23.1. The molecule has 9 heteroatoms. The highest BCUT2D eigenvalue weighted by Gasteiger charge is 2.32. The molecule has 166 valence electrons. The van der Waals surface area contributed by atoms with Gasteiger partial charge in [0.05, 0.1) is 17.3 Å². The lowest BCUT2D eigenvalue weighted by Crippen LogP contribution is -2.26. The van der Waals surface area contributed by atoms with Gasteiger partial charge in [-0.25, -0.2) is 4.99 Å². The second kappa shape index (κ2) is 10.2. The molecule has 6 nitrogen and oxygen atoms in total. The van der Waals surface area contributed by atoms with Crippen LogP contribution >= 0.6 is 0 Å². The van der Waals surface area contributed by atoms with Gasteiger partial charge in [-0.3, -0.25) is 4.79 Å². The number of benzene rings is 3. The highest BCUT2D eigenvalue weighted by atomic mass is 19.4. The Kier molecular flexibility index (Phi) is 7.10. The van der Waals surface area contributed by atoms with Crippen molar-refractivity contribution in [2.45, 2.75) is 6.18 Å². The van der Waals surface area contributed by atoms with Crippen molar-refractivity contribution in [3.63, 3.8) is 0 Å². The SMILES string of the molecule is N#Cc1cccc(N=C(C=C(N)C(F)(F)F)C(=O)Nc2cccc(Nc3ccccc3)c2)c1. The third-order valence-electron chi connectivity index (χ3n) is 4.26. The van der Waals surface area contributed by atoms with Gasteiger partial charge in [-0.2, -0.15) is 18.4 Å². The molecule has 0 bridgehead atoms. The number of hydrogen-bond donors (Lipinski definition) is 3. The van der Waals surface area contributed by atoms with Crippen molar-refractivity contribution in [3.05, 3.63) is 96.2 Å². The largest absolute Gasteiger partial charge is 0.430 e. The Bertz CT molecular complexity index is 1240. The quantitative estimate of drug-likeness (QED) is 0.437. The average molecular weight is 449 g/mol. The van der Waals surface area contributed by atoms with Gasteiger partial charge < -0.3 is 16.4 Å². The van der Waals surface area contributed by atoms with Gasteiger partial charge in [-0.1, -0.05) is 30.3 Å². The number of allylic oxidation sites excluding steroid dienone is 1. The van der Waals surface area contributed by atoms with Crippen molar-refractivity contribution >= 4 is 34.4 Å². The number of para-hydroxylation sites is 1. The minimum Gasteiger partial charge on any atom is -0.395 e. The minimum atomic E-state index is -4.84. The van der Waals surface area contributed by atoms with Crippen LogP contribution in [0.15, 0.2) is 95.6 Å². The van der Waals surface area contributed by atoms with Gasteiger partial charge in [0.15, 0.2) is 0 Å². The second-order valence-corrected chi connectivity index (χ2v) is 6.78. The van der Waals surface area contributed by atoms with Crippen LogP contribution in [0.25, 0.3) is 0 Å². The molecule has 0 aliphatic heterocycles. The van der Waals surface area contributed by atoms with E-state index in [0.717, 1.165) is 5.69 Å². The highest BCUT2D eigenvalue weighted by molar-refractivity contribution is 6.47. The number of aliphatic imine (C=N–C) groups is 1. The Hall–Kier alpha value is -4.58. The van der Waals surface area contributed by atoms with Crippen LogP contribution in [0, 0.1) is 11.3 Å². The third-order valence-corrected chi connectivity index (χ3v) is 4.26. The minimum absolute atomic E-state index is 0.130. The summed E-state index contributed by atoms with van der Waals surface area (Å²) in [6.07, 6.45) is -4.38. The van der Waals surface area contributed by atoms with E-state index < -0.39 is 23.5 Å². The van der Waals surface area contributed by atoms with Crippen molar-refractivity contribution < 1.29 is 18.0 Å². The number of carbonyl (C=O) groups excluding carboxylic acids is 1. The number of amides is 1. The van der Waals surface area contributed by atoms with Gasteiger partial charge in [-0.05, 0) is 54.6 Å². The first-order valence-electron chi connectivity index (χ1n) is 9.61. The molecular weight excluding hydrogens is 431 g/mol. The maximum Gasteiger partial charge on any atom is 0.430 e. The number of nitriles is 1. The van der Waals surface area contributed by atoms with Gasteiger partial charge in [0.1, 0.15) is 11.4 Å². The van der Waals surface area contributed by atoms with E-state index in [-0.39, 0.29) is 11.3 Å². The Morgan fingerprint density at radius 2 is 1.61 bits per heavy atom. The molecule has 0 aromatic heterocycles. The van der Waals surface area contributed by atoms with E-state index >= 15 is 0 Å². The summed E-state index contributed by atoms with van der Waals surface area (Å²) in [5, 5.41) is 14.7. The van der Waals surface area contributed by atoms with E-state index in [1.807, 2.05) is 36.4 Å². The molecule has 3 aromatic carbocycles. The van der Waals surface area contributed by atoms with Gasteiger partial charge in [0, 0.05) is 17.1 Å². The predicted molar refractivity (Wildman–Crippen MR) is 121 cm³/mol. The lowest BCUT2D eigenvalue weighted by molar-refractivity contribution is -0.110. The Morgan fingerprint density at radius 3 is 2.30 bits per heavy atom. The fraction of sp³-hybridized carbons (Fsp3) is 0.0417. The molecule has 0 atom stereocenters. The summed E-state index contributed by atoms with van der Waals surface area (Å²) in [5.41, 5.74) is 5.25. The van der Waals surface area contributed by atoms with Crippen molar-refractivity contribution in [3.8, 4) is 6.07 Å². The first-order chi connectivity index (χ1) is 15.7. The fourth-order valence-corrected chi connectivity index (χ4v) is 2.72. The zero-order chi connectivity index (χ0) is 23.8. The number of nitrogens with zero attached hydrogens (tertiary/aromatic N) is 2. The molecule has 0 fully saturated rings. The predicted octanol–water partition coefficient (Wildman–Crippen LogP) is 5.42. The van der Waals surface area contributed by atoms with E-state index in [4.69, 9.17) is 11.0 Å². The van der Waals surface area contributed by atoms with Crippen LogP contribution in [-0.2, 0) is 4.79 Å². The lowest BCUT2D eigenvalue weighted by Gasteiger charge is -2.11. The third kappa shape index (κ3) is 6.70. The summed E-state index contributed by atoms with van der Waals surface area (Å²) in [5.74, 6) is -0.901. The van der Waals surface area contributed by atoms with E-state index in [1.165, 1.54) is 24.3 Å². The van der Waals surface area contributed by atoms with Crippen molar-refractivity contribution in [1.82, 2.24) is 0 Å². The average Bonchev–Trinajstić information content (AvgIpc) is 2.79. The Morgan fingerprint density at radius 1 is 0.939 bits per heavy atom. The summed E-state index contributed by atoms with van der Waals surface area (Å²) in [4.78, 5) is 16.8. The molecule has 0 aliphatic rings. The molecule has 3 rings (SSSR count). The number of nitrogens with one attached hydrogen (secondary N) is 2. The Balaban J connectivity index is 1.89. The lowest BCUT2D eigenvalue weighted by atomic mass is 10.2. The summed E-state index contributed by atoms with van der Waals surface area (Å²) in [7, 11) is 0. The topological polar surface area (TPSA) is 103 Å². The highest BCUT2D eigenvalue weighted by Crippen LogP contribution is 2.23. The second-order valence-electron chi connectivity index (χ2n) is 6.78. The van der Waals surface area contributed by atoms with Crippen LogP contribution in [0.1, 0.15) is 5.56 Å². The molecule has 0 saturated carbocycles. The molecule has 33 heavy (non-hydrogen) atoms. The number of hydrogen-bond acceptors (Lipinski definition) is 5. The van der Waals surface area contributed by atoms with Crippen LogP contribution < -0.4 is 16.4 Å². The Labute approximate surface area is 187 Å². The molecule has 0 radical (unpaired) electrons. The zero-order valence-electron chi connectivity index (χ0n) is 17.1. The normalized spacial score (nSPS) is 12.1. The number of carbonyl (C=O) groups is 1. The van der Waals surface area contributed by atoms with E-state index in [0.29, 0.717) is 17.5 Å². The van der Waals surface area contributed by atoms with Crippen LogP contribution in [0.3, 0.4) is 0 Å². The summed E-state index contributed by atoms with van der Waals surface area (Å²) in [6.45, 7) is 0. The van der Waals surface area contributed by atoms with Gasteiger partial charge in [0.25, 0.3) is 5.91 Å². The van der Waals surface area contributed by atoms with E-state index in [9.17, 15) is 18.0 Å². The van der Waals surface area contributed by atoms with Crippen LogP contribution in [0.2, 0.25) is 0 Å². The molecule has 0 aliphatic carbocycles. The van der Waals surface area contributed by atoms with Crippen LogP contribution in [-0.4, -0.2) is 17.8 Å². The molecular formula is C24H18F3N5O.